The summed E-state index contributed by atoms with van der Waals surface area (Å²) in [6.07, 6.45) is 11.3. The molecule has 0 aromatic rings. The molecule has 6 atom stereocenters. The van der Waals surface area contributed by atoms with Crippen LogP contribution in [0.25, 0.3) is 0 Å². The molecule has 0 heterocycles. The van der Waals surface area contributed by atoms with Gasteiger partial charge < -0.3 is 0 Å². The molecule has 0 aromatic carbocycles. The Morgan fingerprint density at radius 2 is 2.00 bits per heavy atom. The van der Waals surface area contributed by atoms with Gasteiger partial charge in [-0.05, 0) is 0 Å². The quantitative estimate of drug-likeness (QED) is 0.656. The van der Waals surface area contributed by atoms with Crippen molar-refractivity contribution in [2.24, 2.45) is 22.7 Å². The summed E-state index contributed by atoms with van der Waals surface area (Å²) in [5.41, 5.74) is 2.54. The van der Waals surface area contributed by atoms with Crippen LogP contribution in [0.4, 0.5) is 0 Å². The van der Waals surface area contributed by atoms with Crippen LogP contribution in [-0.4, -0.2) is 21.9 Å². The molecule has 0 bridgehead atoms. The summed E-state index contributed by atoms with van der Waals surface area (Å²) in [5.74, 6) is 1.07. The zero-order chi connectivity index (χ0) is 16.5. The predicted molar refractivity (Wildman–Crippen MR) is 86.5 cm³/mol. The first-order valence-corrected chi connectivity index (χ1v) is 9.69. The van der Waals surface area contributed by atoms with Gasteiger partial charge in [-0.1, -0.05) is 0 Å². The molecule has 23 heavy (non-hydrogen) atoms. The Kier molecular flexibility index (Phi) is 3.60. The Morgan fingerprint density at radius 3 is 2.74 bits per heavy atom. The van der Waals surface area contributed by atoms with E-state index in [1.165, 1.54) is 6.42 Å². The second-order valence-electron chi connectivity index (χ2n) is 8.66. The number of aliphatic hydroxyl groups is 2. The van der Waals surface area contributed by atoms with Crippen LogP contribution in [0.3, 0.4) is 0 Å². The monoisotopic (exact) mass is 351 g/mol. The third-order valence-corrected chi connectivity index (χ3v) is 8.36. The molecule has 125 valence electrons. The van der Waals surface area contributed by atoms with Gasteiger partial charge in [0.25, 0.3) is 0 Å². The summed E-state index contributed by atoms with van der Waals surface area (Å²) in [5, 5.41) is 21.1. The summed E-state index contributed by atoms with van der Waals surface area (Å²) in [6, 6.07) is 0. The molecular weight excluding hydrogens is 324 g/mol. The SMILES string of the molecule is C[C@]12CCC3=C(CCC4C[C@@H](O)C=C[C@]34C)C1CC[C@@]2(O)[C]#[Cr]. The van der Waals surface area contributed by atoms with E-state index in [1.54, 1.807) is 11.1 Å². The summed E-state index contributed by atoms with van der Waals surface area (Å²) in [6.45, 7) is 4.65. The van der Waals surface area contributed by atoms with Crippen LogP contribution in [0.1, 0.15) is 58.8 Å². The molecule has 0 radical (unpaired) electrons. The first-order valence-electron chi connectivity index (χ1n) is 9.05. The van der Waals surface area contributed by atoms with Gasteiger partial charge in [-0.15, -0.1) is 0 Å². The topological polar surface area (TPSA) is 40.5 Å². The molecule has 1 fully saturated rings. The molecule has 1 saturated carbocycles. The van der Waals surface area contributed by atoms with Crippen molar-refractivity contribution in [3.05, 3.63) is 23.3 Å². The van der Waals surface area contributed by atoms with E-state index in [4.69, 9.17) is 0 Å². The van der Waals surface area contributed by atoms with E-state index in [9.17, 15) is 10.2 Å². The fourth-order valence-electron chi connectivity index (χ4n) is 6.21. The number of rotatable bonds is 0. The van der Waals surface area contributed by atoms with Gasteiger partial charge in [0.2, 0.25) is 0 Å². The van der Waals surface area contributed by atoms with E-state index in [2.05, 4.69) is 40.3 Å². The molecule has 0 amide bonds. The predicted octanol–water partition coefficient (Wildman–Crippen LogP) is 3.47. The molecule has 0 saturated heterocycles. The summed E-state index contributed by atoms with van der Waals surface area (Å²) >= 11 is 2.86. The normalized spacial score (nSPS) is 51.7. The average molecular weight is 351 g/mol. The fourth-order valence-corrected chi connectivity index (χ4v) is 6.73. The average Bonchev–Trinajstić information content (AvgIpc) is 2.80. The van der Waals surface area contributed by atoms with Crippen LogP contribution in [0, 0.1) is 27.4 Å². The van der Waals surface area contributed by atoms with Crippen molar-refractivity contribution >= 4 is 0 Å². The molecule has 2 unspecified atom stereocenters. The van der Waals surface area contributed by atoms with E-state index in [1.807, 2.05) is 6.08 Å². The number of hydrogen-bond donors (Lipinski definition) is 2. The second-order valence-corrected chi connectivity index (χ2v) is 8.97. The first kappa shape index (κ1) is 16.2. The van der Waals surface area contributed by atoms with Crippen molar-refractivity contribution in [1.29, 1.82) is 0 Å². The standard InChI is InChI=1S/C20H27O2.Cr/c1-18-9-6-14(21)12-13(18)4-5-15-16(18)7-10-19(2)17(15)8-11-20(19,3)22;/h6,9,13-14,17,21-22H,4-5,7-8,10-12H2,1-2H3;/t13?,14-,17?,18-,19-,20-;/m0./s1. The zero-order valence-corrected chi connectivity index (χ0v) is 15.4. The molecule has 0 aliphatic heterocycles. The second kappa shape index (κ2) is 5.11. The number of hydrogen-bond acceptors (Lipinski definition) is 2. The van der Waals surface area contributed by atoms with Gasteiger partial charge in [0.05, 0.1) is 0 Å². The van der Waals surface area contributed by atoms with Gasteiger partial charge in [0.1, 0.15) is 0 Å². The van der Waals surface area contributed by atoms with E-state index < -0.39 is 5.60 Å². The molecule has 2 N–H and O–H groups in total. The molecule has 0 aromatic heterocycles. The number of aliphatic hydroxyl groups excluding tert-OH is 1. The Hall–Kier alpha value is -0.288. The minimum atomic E-state index is -0.771. The molecule has 0 spiro atoms. The van der Waals surface area contributed by atoms with Crippen molar-refractivity contribution < 1.29 is 25.9 Å². The van der Waals surface area contributed by atoms with Crippen molar-refractivity contribution in [3.63, 3.8) is 0 Å². The molecule has 4 rings (SSSR count). The van der Waals surface area contributed by atoms with Gasteiger partial charge in [-0.25, -0.2) is 0 Å². The number of allylic oxidation sites excluding steroid dienone is 3. The van der Waals surface area contributed by atoms with Crippen molar-refractivity contribution in [1.82, 2.24) is 0 Å². The van der Waals surface area contributed by atoms with Crippen LogP contribution in [0.5, 0.6) is 0 Å². The third-order valence-electron chi connectivity index (χ3n) is 7.83. The first-order chi connectivity index (χ1) is 10.8. The Labute approximate surface area is 147 Å². The van der Waals surface area contributed by atoms with Crippen LogP contribution in [0.15, 0.2) is 23.3 Å². The maximum absolute atomic E-state index is 11.1. The van der Waals surface area contributed by atoms with E-state index in [-0.39, 0.29) is 16.9 Å². The van der Waals surface area contributed by atoms with Crippen molar-refractivity contribution in [2.75, 3.05) is 0 Å². The van der Waals surface area contributed by atoms with Crippen LogP contribution < -0.4 is 0 Å². The van der Waals surface area contributed by atoms with Gasteiger partial charge in [-0.2, -0.15) is 0 Å². The Bertz CT molecular complexity index is 645. The van der Waals surface area contributed by atoms with E-state index >= 15 is 0 Å². The van der Waals surface area contributed by atoms with Crippen molar-refractivity contribution in [3.8, 4) is 4.69 Å². The maximum atomic E-state index is 11.1. The van der Waals surface area contributed by atoms with Crippen molar-refractivity contribution in [2.45, 2.75) is 70.5 Å². The van der Waals surface area contributed by atoms with Gasteiger partial charge >= 0.3 is 147 Å². The molecular formula is C20H27CrO2. The Balaban J connectivity index is 1.79. The minimum absolute atomic E-state index is 0.0713. The van der Waals surface area contributed by atoms with E-state index in [0.717, 1.165) is 38.5 Å². The summed E-state index contributed by atoms with van der Waals surface area (Å²) < 4.78 is 3.11. The molecule has 4 aliphatic rings. The summed E-state index contributed by atoms with van der Waals surface area (Å²) in [7, 11) is 0. The van der Waals surface area contributed by atoms with Gasteiger partial charge in [0, 0.05) is 0 Å². The van der Waals surface area contributed by atoms with Crippen LogP contribution >= 0.6 is 0 Å². The van der Waals surface area contributed by atoms with Crippen LogP contribution in [-0.2, 0) is 15.7 Å². The van der Waals surface area contributed by atoms with Gasteiger partial charge in [0.15, 0.2) is 0 Å². The molecule has 2 nitrogen and oxygen atoms in total. The summed E-state index contributed by atoms with van der Waals surface area (Å²) in [4.78, 5) is 0. The van der Waals surface area contributed by atoms with Crippen LogP contribution in [0.2, 0.25) is 0 Å². The zero-order valence-electron chi connectivity index (χ0n) is 14.1. The molecule has 3 heteroatoms. The number of fused-ring (bicyclic) bond motifs is 4. The van der Waals surface area contributed by atoms with E-state index in [0.29, 0.717) is 11.8 Å². The Morgan fingerprint density at radius 1 is 1.22 bits per heavy atom. The third kappa shape index (κ3) is 2.01. The van der Waals surface area contributed by atoms with Gasteiger partial charge in [-0.3, -0.25) is 0 Å². The fraction of sp³-hybridized carbons (Fsp3) is 0.750. The molecule has 4 aliphatic carbocycles.